The summed E-state index contributed by atoms with van der Waals surface area (Å²) in [6.07, 6.45) is 0. The van der Waals surface area contributed by atoms with Crippen LogP contribution in [0.25, 0.3) is 0 Å². The van der Waals surface area contributed by atoms with Crippen LogP contribution in [0.15, 0.2) is 11.4 Å². The van der Waals surface area contributed by atoms with Gasteiger partial charge in [-0.2, -0.15) is 0 Å². The Morgan fingerprint density at radius 3 is 2.87 bits per heavy atom. The van der Waals surface area contributed by atoms with Gasteiger partial charge in [0, 0.05) is 31.6 Å². The molecule has 1 aromatic rings. The highest BCUT2D eigenvalue weighted by Crippen LogP contribution is 2.23. The monoisotopic (exact) mass is 226 g/mol. The molecular formula is C10H14N2O2S. The minimum Gasteiger partial charge on any atom is -0.496 e. The number of carbonyl (C=O) groups is 1. The SMILES string of the molecule is COc1csc(C(=O)N(C)C2CNC2)c1. The molecule has 4 nitrogen and oxygen atoms in total. The largest absolute Gasteiger partial charge is 0.496 e. The Morgan fingerprint density at radius 1 is 1.67 bits per heavy atom. The molecule has 15 heavy (non-hydrogen) atoms. The molecule has 1 aliphatic heterocycles. The van der Waals surface area contributed by atoms with Crippen molar-refractivity contribution in [1.82, 2.24) is 10.2 Å². The Balaban J connectivity index is 2.05. The molecule has 1 fully saturated rings. The van der Waals surface area contributed by atoms with Crippen LogP contribution < -0.4 is 10.1 Å². The highest BCUT2D eigenvalue weighted by Gasteiger charge is 2.26. The molecule has 5 heteroatoms. The molecule has 2 heterocycles. The molecule has 0 bridgehead atoms. The first-order valence-corrected chi connectivity index (χ1v) is 5.70. The second-order valence-electron chi connectivity index (χ2n) is 3.58. The number of methoxy groups -OCH3 is 1. The predicted molar refractivity (Wildman–Crippen MR) is 59.6 cm³/mol. The summed E-state index contributed by atoms with van der Waals surface area (Å²) >= 11 is 1.43. The van der Waals surface area contributed by atoms with Crippen molar-refractivity contribution in [3.63, 3.8) is 0 Å². The topological polar surface area (TPSA) is 41.6 Å². The molecule has 82 valence electrons. The van der Waals surface area contributed by atoms with E-state index in [1.807, 2.05) is 12.4 Å². The van der Waals surface area contributed by atoms with Gasteiger partial charge in [-0.3, -0.25) is 4.79 Å². The molecule has 1 amide bonds. The van der Waals surface area contributed by atoms with Gasteiger partial charge in [-0.15, -0.1) is 11.3 Å². The summed E-state index contributed by atoms with van der Waals surface area (Å²) in [5, 5.41) is 5.00. The van der Waals surface area contributed by atoms with E-state index in [4.69, 9.17) is 4.74 Å². The molecule has 1 N–H and O–H groups in total. The van der Waals surface area contributed by atoms with Gasteiger partial charge < -0.3 is 15.0 Å². The van der Waals surface area contributed by atoms with Crippen molar-refractivity contribution >= 4 is 17.2 Å². The molecule has 0 radical (unpaired) electrons. The van der Waals surface area contributed by atoms with Crippen LogP contribution >= 0.6 is 11.3 Å². The van der Waals surface area contributed by atoms with Crippen LogP contribution in [-0.2, 0) is 0 Å². The normalized spacial score (nSPS) is 15.9. The van der Waals surface area contributed by atoms with Crippen LogP contribution in [0.1, 0.15) is 9.67 Å². The Bertz CT molecular complexity index is 360. The van der Waals surface area contributed by atoms with Crippen molar-refractivity contribution in [3.8, 4) is 5.75 Å². The van der Waals surface area contributed by atoms with Crippen LogP contribution in [0.5, 0.6) is 5.75 Å². The third kappa shape index (κ3) is 1.98. The molecule has 0 atom stereocenters. The average Bonchev–Trinajstić information content (AvgIpc) is 2.61. The zero-order valence-electron chi connectivity index (χ0n) is 8.82. The Kier molecular flexibility index (Phi) is 2.93. The van der Waals surface area contributed by atoms with Crippen molar-refractivity contribution in [1.29, 1.82) is 0 Å². The van der Waals surface area contributed by atoms with E-state index in [0.717, 1.165) is 23.7 Å². The number of likely N-dealkylation sites (N-methyl/N-ethyl adjacent to an activating group) is 1. The molecule has 1 aromatic heterocycles. The van der Waals surface area contributed by atoms with E-state index in [1.165, 1.54) is 11.3 Å². The van der Waals surface area contributed by atoms with Gasteiger partial charge >= 0.3 is 0 Å². The van der Waals surface area contributed by atoms with Crippen LogP contribution in [0.3, 0.4) is 0 Å². The fraction of sp³-hybridized carbons (Fsp3) is 0.500. The van der Waals surface area contributed by atoms with Gasteiger partial charge in [0.25, 0.3) is 5.91 Å². The van der Waals surface area contributed by atoms with Crippen LogP contribution in [-0.4, -0.2) is 44.1 Å². The lowest BCUT2D eigenvalue weighted by Crippen LogP contribution is -2.57. The highest BCUT2D eigenvalue weighted by atomic mass is 32.1. The standard InChI is InChI=1S/C10H14N2O2S/c1-12(7-4-11-5-7)10(13)9-3-8(14-2)6-15-9/h3,6-7,11H,4-5H2,1-2H3. The number of nitrogens with one attached hydrogen (secondary N) is 1. The maximum absolute atomic E-state index is 12.0. The Hall–Kier alpha value is -1.07. The van der Waals surface area contributed by atoms with Gasteiger partial charge in [0.15, 0.2) is 0 Å². The van der Waals surface area contributed by atoms with Crippen LogP contribution in [0.2, 0.25) is 0 Å². The third-order valence-electron chi connectivity index (χ3n) is 2.65. The van der Waals surface area contributed by atoms with Crippen molar-refractivity contribution in [2.45, 2.75) is 6.04 Å². The molecule has 0 saturated carbocycles. The van der Waals surface area contributed by atoms with Gasteiger partial charge in [0.05, 0.1) is 18.0 Å². The number of nitrogens with zero attached hydrogens (tertiary/aromatic N) is 1. The van der Waals surface area contributed by atoms with E-state index < -0.39 is 0 Å². The fourth-order valence-corrected chi connectivity index (χ4v) is 2.26. The quantitative estimate of drug-likeness (QED) is 0.829. The van der Waals surface area contributed by atoms with Gasteiger partial charge in [0.2, 0.25) is 0 Å². The van der Waals surface area contributed by atoms with E-state index in [1.54, 1.807) is 18.1 Å². The summed E-state index contributed by atoms with van der Waals surface area (Å²) in [7, 11) is 3.45. The summed E-state index contributed by atoms with van der Waals surface area (Å²) in [5.74, 6) is 0.832. The number of thiophene rings is 1. The first-order valence-electron chi connectivity index (χ1n) is 4.82. The summed E-state index contributed by atoms with van der Waals surface area (Å²) in [4.78, 5) is 14.5. The van der Waals surface area contributed by atoms with E-state index in [9.17, 15) is 4.79 Å². The van der Waals surface area contributed by atoms with Crippen LogP contribution in [0, 0.1) is 0 Å². The number of rotatable bonds is 3. The second-order valence-corrected chi connectivity index (χ2v) is 4.49. The lowest BCUT2D eigenvalue weighted by Gasteiger charge is -2.35. The van der Waals surface area contributed by atoms with Crippen molar-refractivity contribution < 1.29 is 9.53 Å². The smallest absolute Gasteiger partial charge is 0.264 e. The minimum atomic E-state index is 0.0785. The highest BCUT2D eigenvalue weighted by molar-refractivity contribution is 7.12. The van der Waals surface area contributed by atoms with Gasteiger partial charge in [-0.1, -0.05) is 0 Å². The molecular weight excluding hydrogens is 212 g/mol. The Morgan fingerprint density at radius 2 is 2.40 bits per heavy atom. The second kappa shape index (κ2) is 4.20. The lowest BCUT2D eigenvalue weighted by molar-refractivity contribution is 0.0686. The summed E-state index contributed by atoms with van der Waals surface area (Å²) < 4.78 is 5.05. The molecule has 0 unspecified atom stereocenters. The Labute approximate surface area is 92.8 Å². The number of hydrogen-bond acceptors (Lipinski definition) is 4. The number of carbonyl (C=O) groups excluding carboxylic acids is 1. The van der Waals surface area contributed by atoms with Crippen molar-refractivity contribution in [2.75, 3.05) is 27.2 Å². The maximum Gasteiger partial charge on any atom is 0.264 e. The zero-order chi connectivity index (χ0) is 10.8. The third-order valence-corrected chi connectivity index (χ3v) is 3.55. The summed E-state index contributed by atoms with van der Waals surface area (Å²) in [6, 6.07) is 2.13. The molecule has 0 aliphatic carbocycles. The number of amides is 1. The average molecular weight is 226 g/mol. The van der Waals surface area contributed by atoms with Crippen LogP contribution in [0.4, 0.5) is 0 Å². The fourth-order valence-electron chi connectivity index (χ4n) is 1.42. The molecule has 0 aromatic carbocycles. The molecule has 1 saturated heterocycles. The van der Waals surface area contributed by atoms with Gasteiger partial charge in [-0.05, 0) is 0 Å². The summed E-state index contributed by atoms with van der Waals surface area (Å²) in [5.41, 5.74) is 0. The first kappa shape index (κ1) is 10.4. The number of hydrogen-bond donors (Lipinski definition) is 1. The summed E-state index contributed by atoms with van der Waals surface area (Å²) in [6.45, 7) is 1.79. The van der Waals surface area contributed by atoms with E-state index >= 15 is 0 Å². The predicted octanol–water partition coefficient (Wildman–Crippen LogP) is 0.800. The van der Waals surface area contributed by atoms with E-state index in [-0.39, 0.29) is 5.91 Å². The molecule has 2 rings (SSSR count). The molecule has 1 aliphatic rings. The lowest BCUT2D eigenvalue weighted by atomic mass is 10.1. The first-order chi connectivity index (χ1) is 7.22. The minimum absolute atomic E-state index is 0.0785. The number of ether oxygens (including phenoxy) is 1. The maximum atomic E-state index is 12.0. The van der Waals surface area contributed by atoms with Crippen molar-refractivity contribution in [3.05, 3.63) is 16.3 Å². The van der Waals surface area contributed by atoms with E-state index in [2.05, 4.69) is 5.32 Å². The molecule has 0 spiro atoms. The zero-order valence-corrected chi connectivity index (χ0v) is 9.63. The van der Waals surface area contributed by atoms with E-state index in [0.29, 0.717) is 6.04 Å². The van der Waals surface area contributed by atoms with Gasteiger partial charge in [-0.25, -0.2) is 0 Å². The van der Waals surface area contributed by atoms with Crippen molar-refractivity contribution in [2.24, 2.45) is 0 Å². The van der Waals surface area contributed by atoms with Gasteiger partial charge in [0.1, 0.15) is 5.75 Å².